The summed E-state index contributed by atoms with van der Waals surface area (Å²) in [6.07, 6.45) is 1.99. The molecule has 0 bridgehead atoms. The van der Waals surface area contributed by atoms with Crippen LogP contribution in [0.2, 0.25) is 0 Å². The normalized spacial score (nSPS) is 11.0. The van der Waals surface area contributed by atoms with Crippen LogP contribution in [0, 0.1) is 0 Å². The van der Waals surface area contributed by atoms with Crippen LogP contribution < -0.4 is 0 Å². The fourth-order valence-corrected chi connectivity index (χ4v) is 4.37. The fraction of sp³-hybridized carbons (Fsp3) is 0. The summed E-state index contributed by atoms with van der Waals surface area (Å²) < 4.78 is 0. The highest BCUT2D eigenvalue weighted by atomic mass is 32.1. The summed E-state index contributed by atoms with van der Waals surface area (Å²) in [4.78, 5) is 5.89. The largest absolute Gasteiger partial charge is 0.244 e. The number of nitrogens with zero attached hydrogens (tertiary/aromatic N) is 1. The summed E-state index contributed by atoms with van der Waals surface area (Å²) in [6.45, 7) is 0. The van der Waals surface area contributed by atoms with Crippen LogP contribution >= 0.6 is 11.3 Å². The predicted octanol–water partition coefficient (Wildman–Crippen LogP) is 7.30. The molecule has 0 saturated heterocycles. The van der Waals surface area contributed by atoms with Crippen LogP contribution in [-0.2, 0) is 0 Å². The van der Waals surface area contributed by atoms with E-state index in [0.29, 0.717) is 0 Å². The molecule has 5 aromatic rings. The van der Waals surface area contributed by atoms with Gasteiger partial charge in [0.25, 0.3) is 0 Å². The van der Waals surface area contributed by atoms with E-state index in [-0.39, 0.29) is 0 Å². The summed E-state index contributed by atoms with van der Waals surface area (Å²) in [5, 5.41) is 3.59. The van der Waals surface area contributed by atoms with Crippen molar-refractivity contribution in [2.24, 2.45) is 0 Å². The highest BCUT2D eigenvalue weighted by Crippen LogP contribution is 2.36. The van der Waals surface area contributed by atoms with Crippen molar-refractivity contribution in [1.29, 1.82) is 0 Å². The molecule has 0 N–H and O–H groups in total. The van der Waals surface area contributed by atoms with E-state index in [1.165, 1.54) is 32.3 Å². The van der Waals surface area contributed by atoms with Crippen LogP contribution in [-0.4, -0.2) is 4.98 Å². The zero-order chi connectivity index (χ0) is 18.1. The molecule has 27 heavy (non-hydrogen) atoms. The molecule has 128 valence electrons. The Morgan fingerprint density at radius 2 is 1.22 bits per heavy atom. The monoisotopic (exact) mass is 363 g/mol. The summed E-state index contributed by atoms with van der Waals surface area (Å²) >= 11 is 1.74. The van der Waals surface area contributed by atoms with Crippen molar-refractivity contribution in [3.8, 4) is 32.1 Å². The number of hydrogen-bond acceptors (Lipinski definition) is 2. The average Bonchev–Trinajstić information content (AvgIpc) is 3.24. The van der Waals surface area contributed by atoms with E-state index in [0.717, 1.165) is 10.6 Å². The van der Waals surface area contributed by atoms with Crippen molar-refractivity contribution in [1.82, 2.24) is 4.98 Å². The Balaban J connectivity index is 1.50. The maximum Gasteiger partial charge on any atom is 0.123 e. The SMILES string of the molecule is c1ccc(-c2ccc(-c3ncc(-c4cccc5ccccc45)s3)cc2)cc1. The lowest BCUT2D eigenvalue weighted by atomic mass is 10.0. The molecule has 1 nitrogen and oxygen atoms in total. The lowest BCUT2D eigenvalue weighted by Gasteiger charge is -2.04. The van der Waals surface area contributed by atoms with Gasteiger partial charge in [0.2, 0.25) is 0 Å². The van der Waals surface area contributed by atoms with Gasteiger partial charge < -0.3 is 0 Å². The average molecular weight is 363 g/mol. The molecule has 1 heterocycles. The van der Waals surface area contributed by atoms with Gasteiger partial charge in [-0.2, -0.15) is 0 Å². The van der Waals surface area contributed by atoms with Crippen LogP contribution in [0.4, 0.5) is 0 Å². The first-order chi connectivity index (χ1) is 13.4. The van der Waals surface area contributed by atoms with E-state index in [1.807, 2.05) is 12.3 Å². The lowest BCUT2D eigenvalue weighted by Crippen LogP contribution is -1.78. The van der Waals surface area contributed by atoms with E-state index in [4.69, 9.17) is 4.98 Å². The third-order valence-corrected chi connectivity index (χ3v) is 5.88. The lowest BCUT2D eigenvalue weighted by molar-refractivity contribution is 1.41. The highest BCUT2D eigenvalue weighted by molar-refractivity contribution is 7.18. The summed E-state index contributed by atoms with van der Waals surface area (Å²) in [5.74, 6) is 0. The number of benzene rings is 4. The number of aromatic nitrogens is 1. The minimum Gasteiger partial charge on any atom is -0.244 e. The highest BCUT2D eigenvalue weighted by Gasteiger charge is 2.09. The molecule has 4 aromatic carbocycles. The van der Waals surface area contributed by atoms with Crippen molar-refractivity contribution in [2.45, 2.75) is 0 Å². The van der Waals surface area contributed by atoms with Gasteiger partial charge in [-0.3, -0.25) is 0 Å². The molecule has 0 saturated carbocycles. The fourth-order valence-electron chi connectivity index (χ4n) is 3.41. The standard InChI is InChI=1S/C25H17NS/c1-2-7-18(8-3-1)19-13-15-21(16-14-19)25-26-17-24(27-25)23-12-6-10-20-9-4-5-11-22(20)23/h1-17H. The van der Waals surface area contributed by atoms with Crippen LogP contribution in [0.5, 0.6) is 0 Å². The van der Waals surface area contributed by atoms with E-state index < -0.39 is 0 Å². The Morgan fingerprint density at radius 3 is 2.07 bits per heavy atom. The van der Waals surface area contributed by atoms with Gasteiger partial charge in [0.15, 0.2) is 0 Å². The van der Waals surface area contributed by atoms with E-state index in [2.05, 4.69) is 91.0 Å². The third kappa shape index (κ3) is 3.05. The van der Waals surface area contributed by atoms with Gasteiger partial charge in [-0.25, -0.2) is 4.98 Å². The zero-order valence-electron chi connectivity index (χ0n) is 14.7. The van der Waals surface area contributed by atoms with Crippen LogP contribution in [0.15, 0.2) is 103 Å². The Bertz CT molecular complexity index is 1200. The summed E-state index contributed by atoms with van der Waals surface area (Å²) in [5.41, 5.74) is 4.87. The molecule has 5 rings (SSSR count). The van der Waals surface area contributed by atoms with Crippen molar-refractivity contribution >= 4 is 22.1 Å². The predicted molar refractivity (Wildman–Crippen MR) is 116 cm³/mol. The van der Waals surface area contributed by atoms with Crippen LogP contribution in [0.25, 0.3) is 42.9 Å². The molecule has 1 aromatic heterocycles. The Kier molecular flexibility index (Phi) is 4.04. The van der Waals surface area contributed by atoms with Gasteiger partial charge >= 0.3 is 0 Å². The number of rotatable bonds is 3. The molecule has 0 fully saturated rings. The first kappa shape index (κ1) is 16.0. The maximum absolute atomic E-state index is 4.69. The van der Waals surface area contributed by atoms with Gasteiger partial charge in [0.05, 0.1) is 4.88 Å². The molecule has 0 amide bonds. The van der Waals surface area contributed by atoms with Gasteiger partial charge in [0.1, 0.15) is 5.01 Å². The molecule has 0 aliphatic rings. The Labute approximate surface area is 162 Å². The number of thiazole rings is 1. The molecule has 0 atom stereocenters. The van der Waals surface area contributed by atoms with Gasteiger partial charge in [-0.15, -0.1) is 11.3 Å². The van der Waals surface area contributed by atoms with E-state index in [9.17, 15) is 0 Å². The summed E-state index contributed by atoms with van der Waals surface area (Å²) in [7, 11) is 0. The van der Waals surface area contributed by atoms with Crippen LogP contribution in [0.1, 0.15) is 0 Å². The van der Waals surface area contributed by atoms with Gasteiger partial charge in [-0.05, 0) is 21.9 Å². The van der Waals surface area contributed by atoms with Crippen molar-refractivity contribution in [3.63, 3.8) is 0 Å². The number of fused-ring (bicyclic) bond motifs is 1. The topological polar surface area (TPSA) is 12.9 Å². The minimum atomic E-state index is 1.05. The second kappa shape index (κ2) is 6.82. The smallest absolute Gasteiger partial charge is 0.123 e. The van der Waals surface area contributed by atoms with Crippen molar-refractivity contribution in [3.05, 3.63) is 103 Å². The van der Waals surface area contributed by atoms with Gasteiger partial charge in [-0.1, -0.05) is 97.1 Å². The van der Waals surface area contributed by atoms with E-state index in [1.54, 1.807) is 11.3 Å². The van der Waals surface area contributed by atoms with Crippen LogP contribution in [0.3, 0.4) is 0 Å². The van der Waals surface area contributed by atoms with Crippen molar-refractivity contribution < 1.29 is 0 Å². The Morgan fingerprint density at radius 1 is 0.556 bits per heavy atom. The molecule has 0 spiro atoms. The quantitative estimate of drug-likeness (QED) is 0.328. The molecule has 0 unspecified atom stereocenters. The first-order valence-corrected chi connectivity index (χ1v) is 9.80. The molecule has 0 aliphatic carbocycles. The first-order valence-electron chi connectivity index (χ1n) is 8.98. The third-order valence-electron chi connectivity index (χ3n) is 4.80. The zero-order valence-corrected chi connectivity index (χ0v) is 15.5. The second-order valence-corrected chi connectivity index (χ2v) is 7.53. The van der Waals surface area contributed by atoms with E-state index >= 15 is 0 Å². The maximum atomic E-state index is 4.69. The van der Waals surface area contributed by atoms with Crippen molar-refractivity contribution in [2.75, 3.05) is 0 Å². The molecular formula is C25H17NS. The molecule has 0 aliphatic heterocycles. The Hall–Kier alpha value is -3.23. The summed E-state index contributed by atoms with van der Waals surface area (Å²) in [6, 6.07) is 34.1. The molecular weight excluding hydrogens is 346 g/mol. The van der Waals surface area contributed by atoms with Gasteiger partial charge in [0, 0.05) is 17.3 Å². The minimum absolute atomic E-state index is 1.05. The number of hydrogen-bond donors (Lipinski definition) is 0. The molecule has 2 heteroatoms. The molecule has 0 radical (unpaired) electrons. The second-order valence-electron chi connectivity index (χ2n) is 6.50.